The third-order valence-corrected chi connectivity index (χ3v) is 3.77. The summed E-state index contributed by atoms with van der Waals surface area (Å²) in [6, 6.07) is 7.67. The number of amides is 1. The van der Waals surface area contributed by atoms with E-state index in [0.29, 0.717) is 25.4 Å². The molecule has 0 aliphatic carbocycles. The standard InChI is InChI=1S/C16H17F3N4O2/c17-16(18,19)14-5-7-23(22-14)12-3-1-11(2-4-12)9-21-15(24)13-10-20-6-8-25-13/h1-5,7,13,20H,6,8-10H2,(H,21,24). The average Bonchev–Trinajstić information content (AvgIpc) is 3.11. The second-order valence-corrected chi connectivity index (χ2v) is 5.59. The highest BCUT2D eigenvalue weighted by atomic mass is 19.4. The van der Waals surface area contributed by atoms with Gasteiger partial charge in [0.25, 0.3) is 5.91 Å². The Kier molecular flexibility index (Phi) is 5.05. The second kappa shape index (κ2) is 7.24. The molecule has 1 fully saturated rings. The van der Waals surface area contributed by atoms with Gasteiger partial charge < -0.3 is 15.4 Å². The lowest BCUT2D eigenvalue weighted by Gasteiger charge is -2.22. The molecule has 1 atom stereocenters. The summed E-state index contributed by atoms with van der Waals surface area (Å²) in [5, 5.41) is 9.37. The first-order valence-corrected chi connectivity index (χ1v) is 7.76. The van der Waals surface area contributed by atoms with Crippen LogP contribution in [-0.4, -0.2) is 41.5 Å². The zero-order valence-electron chi connectivity index (χ0n) is 13.2. The summed E-state index contributed by atoms with van der Waals surface area (Å²) in [4.78, 5) is 12.0. The summed E-state index contributed by atoms with van der Waals surface area (Å²) in [6.07, 6.45) is -3.71. The first-order chi connectivity index (χ1) is 11.9. The summed E-state index contributed by atoms with van der Waals surface area (Å²) < 4.78 is 44.3. The topological polar surface area (TPSA) is 68.2 Å². The maximum Gasteiger partial charge on any atom is 0.435 e. The van der Waals surface area contributed by atoms with Crippen molar-refractivity contribution < 1.29 is 22.7 Å². The second-order valence-electron chi connectivity index (χ2n) is 5.59. The van der Waals surface area contributed by atoms with E-state index in [2.05, 4.69) is 15.7 Å². The molecule has 9 heteroatoms. The third kappa shape index (κ3) is 4.37. The number of hydrogen-bond acceptors (Lipinski definition) is 4. The highest BCUT2D eigenvalue weighted by molar-refractivity contribution is 5.81. The van der Waals surface area contributed by atoms with E-state index in [1.807, 2.05) is 0 Å². The van der Waals surface area contributed by atoms with Crippen molar-refractivity contribution in [1.82, 2.24) is 20.4 Å². The maximum atomic E-state index is 12.6. The first kappa shape index (κ1) is 17.4. The molecule has 2 aromatic rings. The zero-order valence-corrected chi connectivity index (χ0v) is 13.2. The van der Waals surface area contributed by atoms with Crippen molar-refractivity contribution in [1.29, 1.82) is 0 Å². The largest absolute Gasteiger partial charge is 0.435 e. The highest BCUT2D eigenvalue weighted by Gasteiger charge is 2.33. The lowest BCUT2D eigenvalue weighted by Crippen LogP contribution is -2.47. The van der Waals surface area contributed by atoms with E-state index in [-0.39, 0.29) is 5.91 Å². The molecule has 1 aromatic carbocycles. The summed E-state index contributed by atoms with van der Waals surface area (Å²) in [5.74, 6) is -0.196. The van der Waals surface area contributed by atoms with Crippen molar-refractivity contribution >= 4 is 5.91 Å². The molecule has 6 nitrogen and oxygen atoms in total. The predicted octanol–water partition coefficient (Wildman–Crippen LogP) is 1.50. The van der Waals surface area contributed by atoms with Gasteiger partial charge in [0.05, 0.1) is 12.3 Å². The molecule has 1 amide bonds. The van der Waals surface area contributed by atoms with E-state index in [0.717, 1.165) is 22.9 Å². The van der Waals surface area contributed by atoms with E-state index in [1.54, 1.807) is 24.3 Å². The van der Waals surface area contributed by atoms with Gasteiger partial charge in [-0.05, 0) is 23.8 Å². The number of rotatable bonds is 4. The van der Waals surface area contributed by atoms with Crippen molar-refractivity contribution in [2.24, 2.45) is 0 Å². The Morgan fingerprint density at radius 3 is 2.68 bits per heavy atom. The molecule has 1 aliphatic rings. The van der Waals surface area contributed by atoms with Crippen LogP contribution in [0.2, 0.25) is 0 Å². The molecule has 0 radical (unpaired) electrons. The zero-order chi connectivity index (χ0) is 17.9. The van der Waals surface area contributed by atoms with Gasteiger partial charge in [-0.3, -0.25) is 4.79 Å². The molecule has 3 rings (SSSR count). The van der Waals surface area contributed by atoms with Crippen LogP contribution in [0.4, 0.5) is 13.2 Å². The van der Waals surface area contributed by atoms with Crippen LogP contribution in [-0.2, 0) is 22.3 Å². The van der Waals surface area contributed by atoms with E-state index in [9.17, 15) is 18.0 Å². The number of ether oxygens (including phenoxy) is 1. The summed E-state index contributed by atoms with van der Waals surface area (Å²) in [5.41, 5.74) is 0.388. The normalized spacial score (nSPS) is 18.1. The van der Waals surface area contributed by atoms with E-state index >= 15 is 0 Å². The van der Waals surface area contributed by atoms with Crippen molar-refractivity contribution in [2.45, 2.75) is 18.8 Å². The third-order valence-electron chi connectivity index (χ3n) is 3.77. The van der Waals surface area contributed by atoms with Gasteiger partial charge in [0.1, 0.15) is 6.10 Å². The molecule has 0 saturated carbocycles. The number of nitrogens with one attached hydrogen (secondary N) is 2. The quantitative estimate of drug-likeness (QED) is 0.873. The van der Waals surface area contributed by atoms with Gasteiger partial charge in [-0.25, -0.2) is 4.68 Å². The minimum Gasteiger partial charge on any atom is -0.366 e. The van der Waals surface area contributed by atoms with Gasteiger partial charge in [0.2, 0.25) is 0 Å². The van der Waals surface area contributed by atoms with Crippen LogP contribution in [0.1, 0.15) is 11.3 Å². The van der Waals surface area contributed by atoms with Crippen LogP contribution in [0.25, 0.3) is 5.69 Å². The maximum absolute atomic E-state index is 12.6. The smallest absolute Gasteiger partial charge is 0.366 e. The van der Waals surface area contributed by atoms with Crippen molar-refractivity contribution in [3.63, 3.8) is 0 Å². The number of hydrogen-bond donors (Lipinski definition) is 2. The SMILES string of the molecule is O=C(NCc1ccc(-n2ccc(C(F)(F)F)n2)cc1)C1CNCCO1. The van der Waals surface area contributed by atoms with Gasteiger partial charge in [0, 0.05) is 25.8 Å². The molecule has 0 spiro atoms. The van der Waals surface area contributed by atoms with Crippen LogP contribution < -0.4 is 10.6 Å². The molecule has 1 saturated heterocycles. The summed E-state index contributed by atoms with van der Waals surface area (Å²) >= 11 is 0. The average molecular weight is 354 g/mol. The Labute approximate surface area is 142 Å². The summed E-state index contributed by atoms with van der Waals surface area (Å²) in [7, 11) is 0. The molecule has 134 valence electrons. The fourth-order valence-corrected chi connectivity index (χ4v) is 2.42. The molecule has 2 N–H and O–H groups in total. The number of nitrogens with zero attached hydrogens (tertiary/aromatic N) is 2. The van der Waals surface area contributed by atoms with Gasteiger partial charge in [-0.2, -0.15) is 18.3 Å². The Balaban J connectivity index is 1.58. The summed E-state index contributed by atoms with van der Waals surface area (Å²) in [6.45, 7) is 2.02. The number of halogens is 3. The lowest BCUT2D eigenvalue weighted by atomic mass is 10.2. The van der Waals surface area contributed by atoms with Crippen molar-refractivity contribution in [2.75, 3.05) is 19.7 Å². The van der Waals surface area contributed by atoms with Gasteiger partial charge in [-0.15, -0.1) is 0 Å². The minimum atomic E-state index is -4.47. The first-order valence-electron chi connectivity index (χ1n) is 7.76. The molecule has 2 heterocycles. The van der Waals surface area contributed by atoms with Gasteiger partial charge >= 0.3 is 6.18 Å². The van der Waals surface area contributed by atoms with Crippen LogP contribution in [0, 0.1) is 0 Å². The van der Waals surface area contributed by atoms with Crippen LogP contribution in [0.5, 0.6) is 0 Å². The number of carbonyl (C=O) groups is 1. The molecular weight excluding hydrogens is 337 g/mol. The van der Waals surface area contributed by atoms with Gasteiger partial charge in [0.15, 0.2) is 5.69 Å². The van der Waals surface area contributed by atoms with Crippen molar-refractivity contribution in [3.8, 4) is 5.69 Å². The Morgan fingerprint density at radius 1 is 1.32 bits per heavy atom. The Hall–Kier alpha value is -2.39. The Bertz CT molecular complexity index is 722. The number of benzene rings is 1. The molecular formula is C16H17F3N4O2. The number of morpholine rings is 1. The van der Waals surface area contributed by atoms with Crippen molar-refractivity contribution in [3.05, 3.63) is 47.8 Å². The predicted molar refractivity (Wildman–Crippen MR) is 83.0 cm³/mol. The highest BCUT2D eigenvalue weighted by Crippen LogP contribution is 2.27. The monoisotopic (exact) mass is 354 g/mol. The molecule has 0 bridgehead atoms. The minimum absolute atomic E-state index is 0.196. The number of carbonyl (C=O) groups excluding carboxylic acids is 1. The van der Waals surface area contributed by atoms with Crippen LogP contribution in [0.3, 0.4) is 0 Å². The Morgan fingerprint density at radius 2 is 2.08 bits per heavy atom. The van der Waals surface area contributed by atoms with E-state index < -0.39 is 18.0 Å². The molecule has 1 aliphatic heterocycles. The number of alkyl halides is 3. The van der Waals surface area contributed by atoms with E-state index in [1.165, 1.54) is 6.20 Å². The van der Waals surface area contributed by atoms with Crippen LogP contribution >= 0.6 is 0 Å². The molecule has 25 heavy (non-hydrogen) atoms. The van der Waals surface area contributed by atoms with Gasteiger partial charge in [-0.1, -0.05) is 12.1 Å². The molecule has 1 aromatic heterocycles. The van der Waals surface area contributed by atoms with Crippen LogP contribution in [0.15, 0.2) is 36.5 Å². The lowest BCUT2D eigenvalue weighted by molar-refractivity contribution is -0.141. The van der Waals surface area contributed by atoms with E-state index in [4.69, 9.17) is 4.74 Å². The molecule has 1 unspecified atom stereocenters. The number of aromatic nitrogens is 2. The fourth-order valence-electron chi connectivity index (χ4n) is 2.42. The fraction of sp³-hybridized carbons (Fsp3) is 0.375.